The van der Waals surface area contributed by atoms with E-state index in [1.54, 1.807) is 36.4 Å². The SMILES string of the molecule is COc1cc(/C=N\NC(=O)c2ccccc2OC)ccc1O. The molecule has 2 aromatic carbocycles. The molecule has 0 aliphatic heterocycles. The van der Waals surface area contributed by atoms with Gasteiger partial charge < -0.3 is 14.6 Å². The van der Waals surface area contributed by atoms with Gasteiger partial charge >= 0.3 is 0 Å². The van der Waals surface area contributed by atoms with E-state index in [1.165, 1.54) is 26.5 Å². The average molecular weight is 300 g/mol. The van der Waals surface area contributed by atoms with Crippen molar-refractivity contribution in [3.05, 3.63) is 53.6 Å². The van der Waals surface area contributed by atoms with E-state index in [1.807, 2.05) is 0 Å². The number of methoxy groups -OCH3 is 2. The number of rotatable bonds is 5. The van der Waals surface area contributed by atoms with Gasteiger partial charge in [-0.25, -0.2) is 5.43 Å². The molecule has 0 aliphatic carbocycles. The highest BCUT2D eigenvalue weighted by molar-refractivity contribution is 5.97. The fourth-order valence-corrected chi connectivity index (χ4v) is 1.83. The van der Waals surface area contributed by atoms with Crippen molar-refractivity contribution < 1.29 is 19.4 Å². The predicted molar refractivity (Wildman–Crippen MR) is 82.7 cm³/mol. The van der Waals surface area contributed by atoms with Crippen molar-refractivity contribution in [2.24, 2.45) is 5.10 Å². The summed E-state index contributed by atoms with van der Waals surface area (Å²) in [6, 6.07) is 11.6. The van der Waals surface area contributed by atoms with Crippen molar-refractivity contribution in [3.8, 4) is 17.2 Å². The van der Waals surface area contributed by atoms with Gasteiger partial charge in [0.25, 0.3) is 5.91 Å². The number of benzene rings is 2. The fraction of sp³-hybridized carbons (Fsp3) is 0.125. The van der Waals surface area contributed by atoms with Crippen LogP contribution in [0.15, 0.2) is 47.6 Å². The van der Waals surface area contributed by atoms with E-state index in [-0.39, 0.29) is 11.7 Å². The molecule has 0 saturated heterocycles. The van der Waals surface area contributed by atoms with Gasteiger partial charge in [-0.2, -0.15) is 5.10 Å². The summed E-state index contributed by atoms with van der Waals surface area (Å²) in [6.07, 6.45) is 1.45. The van der Waals surface area contributed by atoms with E-state index in [0.717, 1.165) is 0 Å². The fourth-order valence-electron chi connectivity index (χ4n) is 1.83. The van der Waals surface area contributed by atoms with Gasteiger partial charge in [-0.1, -0.05) is 12.1 Å². The number of carbonyl (C=O) groups excluding carboxylic acids is 1. The molecule has 0 saturated carbocycles. The van der Waals surface area contributed by atoms with Crippen LogP contribution in [0.25, 0.3) is 0 Å². The van der Waals surface area contributed by atoms with Crippen molar-refractivity contribution in [1.82, 2.24) is 5.43 Å². The smallest absolute Gasteiger partial charge is 0.275 e. The van der Waals surface area contributed by atoms with Crippen LogP contribution in [0.2, 0.25) is 0 Å². The highest BCUT2D eigenvalue weighted by Crippen LogP contribution is 2.25. The Labute approximate surface area is 128 Å². The Kier molecular flexibility index (Phi) is 4.98. The zero-order valence-electron chi connectivity index (χ0n) is 12.2. The van der Waals surface area contributed by atoms with Gasteiger partial charge in [-0.3, -0.25) is 4.79 Å². The van der Waals surface area contributed by atoms with Crippen LogP contribution in [0.4, 0.5) is 0 Å². The summed E-state index contributed by atoms with van der Waals surface area (Å²) in [5.74, 6) is 0.471. The van der Waals surface area contributed by atoms with Gasteiger partial charge in [0.15, 0.2) is 11.5 Å². The van der Waals surface area contributed by atoms with Gasteiger partial charge in [0, 0.05) is 0 Å². The van der Waals surface area contributed by atoms with E-state index in [0.29, 0.717) is 22.6 Å². The van der Waals surface area contributed by atoms with Crippen LogP contribution in [0.1, 0.15) is 15.9 Å². The average Bonchev–Trinajstić information content (AvgIpc) is 2.56. The molecule has 0 unspecified atom stereocenters. The lowest BCUT2D eigenvalue weighted by Gasteiger charge is -2.06. The number of hydrogen-bond acceptors (Lipinski definition) is 5. The second-order valence-corrected chi connectivity index (χ2v) is 4.33. The molecule has 0 bridgehead atoms. The summed E-state index contributed by atoms with van der Waals surface area (Å²) >= 11 is 0. The maximum atomic E-state index is 12.0. The summed E-state index contributed by atoms with van der Waals surface area (Å²) in [5.41, 5.74) is 3.49. The van der Waals surface area contributed by atoms with Crippen LogP contribution >= 0.6 is 0 Å². The number of nitrogens with one attached hydrogen (secondary N) is 1. The van der Waals surface area contributed by atoms with Crippen molar-refractivity contribution >= 4 is 12.1 Å². The van der Waals surface area contributed by atoms with Gasteiger partial charge in [-0.15, -0.1) is 0 Å². The molecule has 6 nitrogen and oxygen atoms in total. The lowest BCUT2D eigenvalue weighted by Crippen LogP contribution is -2.18. The quantitative estimate of drug-likeness (QED) is 0.655. The summed E-state index contributed by atoms with van der Waals surface area (Å²) in [6.45, 7) is 0. The predicted octanol–water partition coefficient (Wildman–Crippen LogP) is 2.17. The first-order chi connectivity index (χ1) is 10.7. The zero-order valence-corrected chi connectivity index (χ0v) is 12.2. The number of hydrogen-bond donors (Lipinski definition) is 2. The minimum Gasteiger partial charge on any atom is -0.504 e. The molecule has 0 aliphatic rings. The Morgan fingerprint density at radius 3 is 2.59 bits per heavy atom. The topological polar surface area (TPSA) is 80.2 Å². The molecule has 2 aromatic rings. The lowest BCUT2D eigenvalue weighted by molar-refractivity contribution is 0.0952. The monoisotopic (exact) mass is 300 g/mol. The third kappa shape index (κ3) is 3.54. The molecule has 2 rings (SSSR count). The standard InChI is InChI=1S/C16H16N2O4/c1-21-14-6-4-3-5-12(14)16(20)18-17-10-11-7-8-13(19)15(9-11)22-2/h3-10,19H,1-2H3,(H,18,20)/b17-10-. The molecule has 0 spiro atoms. The Morgan fingerprint density at radius 1 is 1.14 bits per heavy atom. The molecular formula is C16H16N2O4. The van der Waals surface area contributed by atoms with Crippen molar-refractivity contribution in [2.75, 3.05) is 14.2 Å². The molecule has 0 radical (unpaired) electrons. The number of amides is 1. The normalized spacial score (nSPS) is 10.5. The first kappa shape index (κ1) is 15.4. The number of aromatic hydroxyl groups is 1. The molecule has 2 N–H and O–H groups in total. The molecule has 1 amide bonds. The van der Waals surface area contributed by atoms with Crippen molar-refractivity contribution in [3.63, 3.8) is 0 Å². The summed E-state index contributed by atoms with van der Waals surface area (Å²) in [4.78, 5) is 12.0. The summed E-state index contributed by atoms with van der Waals surface area (Å²) < 4.78 is 10.1. The number of phenolic OH excluding ortho intramolecular Hbond substituents is 1. The van der Waals surface area contributed by atoms with E-state index >= 15 is 0 Å². The Hall–Kier alpha value is -3.02. The van der Waals surface area contributed by atoms with E-state index in [4.69, 9.17) is 9.47 Å². The molecule has 0 fully saturated rings. The Balaban J connectivity index is 2.07. The van der Waals surface area contributed by atoms with Gasteiger partial charge in [0.05, 0.1) is 26.0 Å². The lowest BCUT2D eigenvalue weighted by atomic mass is 10.2. The zero-order chi connectivity index (χ0) is 15.9. The molecule has 114 valence electrons. The van der Waals surface area contributed by atoms with Crippen LogP contribution < -0.4 is 14.9 Å². The van der Waals surface area contributed by atoms with Crippen LogP contribution in [0, 0.1) is 0 Å². The summed E-state index contributed by atoms with van der Waals surface area (Å²) in [7, 11) is 2.96. The maximum Gasteiger partial charge on any atom is 0.275 e. The third-order valence-corrected chi connectivity index (χ3v) is 2.94. The summed E-state index contributed by atoms with van der Waals surface area (Å²) in [5, 5.41) is 13.4. The van der Waals surface area contributed by atoms with Gasteiger partial charge in [-0.05, 0) is 35.9 Å². The highest BCUT2D eigenvalue weighted by Gasteiger charge is 2.10. The number of hydrazone groups is 1. The molecular weight excluding hydrogens is 284 g/mol. The van der Waals surface area contributed by atoms with E-state index < -0.39 is 0 Å². The molecule has 0 aromatic heterocycles. The van der Waals surface area contributed by atoms with Crippen LogP contribution in [0.3, 0.4) is 0 Å². The van der Waals surface area contributed by atoms with Crippen LogP contribution in [-0.4, -0.2) is 31.4 Å². The molecule has 6 heteroatoms. The second-order valence-electron chi connectivity index (χ2n) is 4.33. The van der Waals surface area contributed by atoms with Crippen LogP contribution in [0.5, 0.6) is 17.2 Å². The van der Waals surface area contributed by atoms with Crippen molar-refractivity contribution in [2.45, 2.75) is 0 Å². The number of nitrogens with zero attached hydrogens (tertiary/aromatic N) is 1. The minimum absolute atomic E-state index is 0.0395. The first-order valence-electron chi connectivity index (χ1n) is 6.49. The largest absolute Gasteiger partial charge is 0.504 e. The van der Waals surface area contributed by atoms with Crippen molar-refractivity contribution in [1.29, 1.82) is 0 Å². The Bertz CT molecular complexity index is 698. The van der Waals surface area contributed by atoms with E-state index in [9.17, 15) is 9.90 Å². The first-order valence-corrected chi connectivity index (χ1v) is 6.49. The molecule has 22 heavy (non-hydrogen) atoms. The molecule has 0 heterocycles. The highest BCUT2D eigenvalue weighted by atomic mass is 16.5. The van der Waals surface area contributed by atoms with Gasteiger partial charge in [0.2, 0.25) is 0 Å². The Morgan fingerprint density at radius 2 is 1.86 bits per heavy atom. The van der Waals surface area contributed by atoms with Crippen LogP contribution in [-0.2, 0) is 0 Å². The number of ether oxygens (including phenoxy) is 2. The number of para-hydroxylation sites is 1. The van der Waals surface area contributed by atoms with Gasteiger partial charge in [0.1, 0.15) is 5.75 Å². The number of carbonyl (C=O) groups is 1. The minimum atomic E-state index is -0.376. The maximum absolute atomic E-state index is 12.0. The second kappa shape index (κ2) is 7.12. The third-order valence-electron chi connectivity index (χ3n) is 2.94. The number of phenols is 1. The van der Waals surface area contributed by atoms with E-state index in [2.05, 4.69) is 10.5 Å². The molecule has 0 atom stereocenters.